The lowest BCUT2D eigenvalue weighted by molar-refractivity contribution is 0.417. The Hall–Kier alpha value is -2.38. The molecule has 1 aromatic heterocycles. The summed E-state index contributed by atoms with van der Waals surface area (Å²) in [4.78, 5) is 7.94. The molecule has 0 bridgehead atoms. The van der Waals surface area contributed by atoms with Crippen molar-refractivity contribution < 1.29 is 4.74 Å². The molecule has 2 aromatic carbocycles. The third kappa shape index (κ3) is 2.37. The Labute approximate surface area is 131 Å². The molecule has 0 amide bonds. The predicted molar refractivity (Wildman–Crippen MR) is 87.7 cm³/mol. The van der Waals surface area contributed by atoms with Gasteiger partial charge in [0.15, 0.2) is 5.69 Å². The lowest BCUT2D eigenvalue weighted by Gasteiger charge is -2.10. The number of ether oxygens (including phenoxy) is 1. The van der Waals surface area contributed by atoms with E-state index in [1.165, 1.54) is 0 Å². The molecule has 0 radical (unpaired) electrons. The highest BCUT2D eigenvalue weighted by molar-refractivity contribution is 9.10. The van der Waals surface area contributed by atoms with Crippen LogP contribution >= 0.6 is 15.9 Å². The van der Waals surface area contributed by atoms with E-state index in [1.54, 1.807) is 13.3 Å². The Morgan fingerprint density at radius 1 is 1.14 bits per heavy atom. The number of halogens is 1. The molecule has 3 aromatic rings. The minimum Gasteiger partial charge on any atom is -0.495 e. The molecule has 0 aliphatic rings. The summed E-state index contributed by atoms with van der Waals surface area (Å²) in [5.74, 6) is 0.777. The van der Waals surface area contributed by atoms with E-state index >= 15 is 0 Å². The van der Waals surface area contributed by atoms with Crippen molar-refractivity contribution in [3.8, 4) is 16.9 Å². The largest absolute Gasteiger partial charge is 0.495 e. The highest BCUT2D eigenvalue weighted by Crippen LogP contribution is 2.36. The monoisotopic (exact) mass is 338 g/mol. The molecule has 0 saturated heterocycles. The highest BCUT2D eigenvalue weighted by atomic mass is 79.9. The average Bonchev–Trinajstić information content (AvgIpc) is 2.54. The number of fused-ring (bicyclic) bond motifs is 1. The van der Waals surface area contributed by atoms with Crippen molar-refractivity contribution in [2.24, 2.45) is 0 Å². The van der Waals surface area contributed by atoms with Gasteiger partial charge < -0.3 is 4.74 Å². The van der Waals surface area contributed by atoms with Gasteiger partial charge in [-0.05, 0) is 27.6 Å². The van der Waals surface area contributed by atoms with Gasteiger partial charge in [-0.25, -0.2) is 4.85 Å². The molecule has 4 heteroatoms. The van der Waals surface area contributed by atoms with Gasteiger partial charge in [0.1, 0.15) is 5.75 Å². The zero-order chi connectivity index (χ0) is 14.8. The molecule has 102 valence electrons. The summed E-state index contributed by atoms with van der Waals surface area (Å²) in [6.45, 7) is 7.02. The van der Waals surface area contributed by atoms with Crippen LogP contribution in [0.3, 0.4) is 0 Å². The zero-order valence-corrected chi connectivity index (χ0v) is 12.9. The van der Waals surface area contributed by atoms with E-state index in [2.05, 4.69) is 25.8 Å². The summed E-state index contributed by atoms with van der Waals surface area (Å²) in [5.41, 5.74) is 3.57. The van der Waals surface area contributed by atoms with E-state index in [-0.39, 0.29) is 0 Å². The minimum atomic E-state index is 0.632. The van der Waals surface area contributed by atoms with Gasteiger partial charge in [-0.3, -0.25) is 4.98 Å². The Morgan fingerprint density at radius 3 is 2.57 bits per heavy atom. The third-order valence-corrected chi connectivity index (χ3v) is 3.88. The fourth-order valence-electron chi connectivity index (χ4n) is 2.33. The molecule has 0 saturated carbocycles. The van der Waals surface area contributed by atoms with Gasteiger partial charge in [-0.2, -0.15) is 0 Å². The third-order valence-electron chi connectivity index (χ3n) is 3.32. The molecule has 0 N–H and O–H groups in total. The lowest BCUT2D eigenvalue weighted by atomic mass is 10.0. The number of pyridine rings is 1. The van der Waals surface area contributed by atoms with Gasteiger partial charge in [0.2, 0.25) is 0 Å². The molecule has 0 aliphatic carbocycles. The fourth-order valence-corrected chi connectivity index (χ4v) is 2.81. The van der Waals surface area contributed by atoms with Crippen molar-refractivity contribution in [1.29, 1.82) is 0 Å². The number of aromatic nitrogens is 1. The lowest BCUT2D eigenvalue weighted by Crippen LogP contribution is -1.91. The first-order valence-corrected chi connectivity index (χ1v) is 7.13. The first-order chi connectivity index (χ1) is 10.2. The Bertz CT molecular complexity index is 851. The van der Waals surface area contributed by atoms with Crippen LogP contribution in [0.4, 0.5) is 5.69 Å². The fraction of sp³-hybridized carbons (Fsp3) is 0.0588. The number of hydrogen-bond acceptors (Lipinski definition) is 2. The van der Waals surface area contributed by atoms with Gasteiger partial charge in [0, 0.05) is 17.1 Å². The van der Waals surface area contributed by atoms with Gasteiger partial charge in [0.05, 0.1) is 23.7 Å². The Morgan fingerprint density at radius 2 is 1.90 bits per heavy atom. The molecule has 0 unspecified atom stereocenters. The summed E-state index contributed by atoms with van der Waals surface area (Å²) in [6.07, 6.45) is 1.75. The number of para-hydroxylation sites is 1. The number of hydrogen-bond donors (Lipinski definition) is 0. The number of benzene rings is 2. The van der Waals surface area contributed by atoms with Crippen molar-refractivity contribution in [1.82, 2.24) is 4.98 Å². The van der Waals surface area contributed by atoms with Gasteiger partial charge in [-0.1, -0.05) is 36.4 Å². The molecular formula is C17H11BrN2O. The Balaban J connectivity index is 2.26. The molecule has 1 heterocycles. The highest BCUT2D eigenvalue weighted by Gasteiger charge is 2.11. The van der Waals surface area contributed by atoms with Gasteiger partial charge in [0.25, 0.3) is 0 Å². The van der Waals surface area contributed by atoms with Crippen LogP contribution in [0, 0.1) is 6.57 Å². The number of rotatable bonds is 2. The SMILES string of the molecule is [C-]#[N+]c1ccc(-c2cccc3c(OC)c(Br)cnc23)cc1. The van der Waals surface area contributed by atoms with Crippen LogP contribution in [0.1, 0.15) is 0 Å². The van der Waals surface area contributed by atoms with E-state index < -0.39 is 0 Å². The van der Waals surface area contributed by atoms with Crippen LogP contribution in [0.25, 0.3) is 26.9 Å². The second kappa shape index (κ2) is 5.55. The first kappa shape index (κ1) is 13.6. The Kier molecular flexibility index (Phi) is 3.59. The van der Waals surface area contributed by atoms with E-state index in [1.807, 2.05) is 42.5 Å². The van der Waals surface area contributed by atoms with Crippen molar-refractivity contribution in [3.63, 3.8) is 0 Å². The van der Waals surface area contributed by atoms with Gasteiger partial charge >= 0.3 is 0 Å². The summed E-state index contributed by atoms with van der Waals surface area (Å²) in [5, 5.41) is 0.957. The summed E-state index contributed by atoms with van der Waals surface area (Å²) >= 11 is 3.46. The second-order valence-corrected chi connectivity index (χ2v) is 5.35. The van der Waals surface area contributed by atoms with E-state index in [0.717, 1.165) is 32.3 Å². The van der Waals surface area contributed by atoms with E-state index in [0.29, 0.717) is 5.69 Å². The van der Waals surface area contributed by atoms with Crippen LogP contribution in [0.5, 0.6) is 5.75 Å². The van der Waals surface area contributed by atoms with Crippen molar-refractivity contribution >= 4 is 32.5 Å². The smallest absolute Gasteiger partial charge is 0.187 e. The quantitative estimate of drug-likeness (QED) is 0.598. The number of nitrogens with zero attached hydrogens (tertiary/aromatic N) is 2. The van der Waals surface area contributed by atoms with Crippen LogP contribution in [-0.2, 0) is 0 Å². The summed E-state index contributed by atoms with van der Waals surface area (Å²) < 4.78 is 6.29. The van der Waals surface area contributed by atoms with E-state index in [4.69, 9.17) is 11.3 Å². The molecule has 0 atom stereocenters. The first-order valence-electron chi connectivity index (χ1n) is 6.33. The predicted octanol–water partition coefficient (Wildman–Crippen LogP) is 5.22. The molecular weight excluding hydrogens is 328 g/mol. The summed E-state index contributed by atoms with van der Waals surface area (Å²) in [7, 11) is 1.65. The second-order valence-electron chi connectivity index (χ2n) is 4.50. The maximum atomic E-state index is 7.02. The average molecular weight is 339 g/mol. The van der Waals surface area contributed by atoms with Crippen LogP contribution in [-0.4, -0.2) is 12.1 Å². The maximum absolute atomic E-state index is 7.02. The van der Waals surface area contributed by atoms with Crippen LogP contribution < -0.4 is 4.74 Å². The molecule has 3 rings (SSSR count). The molecule has 0 aliphatic heterocycles. The number of methoxy groups -OCH3 is 1. The summed E-state index contributed by atoms with van der Waals surface area (Å²) in [6, 6.07) is 13.5. The molecule has 21 heavy (non-hydrogen) atoms. The standard InChI is InChI=1S/C17H11BrN2O/c1-19-12-8-6-11(7-9-12)13-4-3-5-14-16(13)20-10-15(18)17(14)21-2/h3-10H,2H3. The molecule has 0 spiro atoms. The normalized spacial score (nSPS) is 10.3. The maximum Gasteiger partial charge on any atom is 0.187 e. The van der Waals surface area contributed by atoms with E-state index in [9.17, 15) is 0 Å². The van der Waals surface area contributed by atoms with Crippen LogP contribution in [0.15, 0.2) is 53.1 Å². The minimum absolute atomic E-state index is 0.632. The van der Waals surface area contributed by atoms with Gasteiger partial charge in [-0.15, -0.1) is 0 Å². The van der Waals surface area contributed by atoms with Crippen LogP contribution in [0.2, 0.25) is 0 Å². The topological polar surface area (TPSA) is 26.5 Å². The molecule has 0 fully saturated rings. The zero-order valence-electron chi connectivity index (χ0n) is 11.3. The van der Waals surface area contributed by atoms with Crippen molar-refractivity contribution in [2.75, 3.05) is 7.11 Å². The van der Waals surface area contributed by atoms with Crippen molar-refractivity contribution in [3.05, 3.63) is 64.6 Å². The molecule has 3 nitrogen and oxygen atoms in total. The van der Waals surface area contributed by atoms with Crippen molar-refractivity contribution in [2.45, 2.75) is 0 Å².